The lowest BCUT2D eigenvalue weighted by molar-refractivity contribution is -0.0203. The number of pyridine rings is 1. The third-order valence-electron chi connectivity index (χ3n) is 5.12. The number of aromatic nitrogens is 5. The van der Waals surface area contributed by atoms with E-state index in [2.05, 4.69) is 44.6 Å². The van der Waals surface area contributed by atoms with Gasteiger partial charge in [0, 0.05) is 18.9 Å². The Hall–Kier alpha value is -2.74. The summed E-state index contributed by atoms with van der Waals surface area (Å²) in [6.45, 7) is 7.27. The fraction of sp³-hybridized carbons (Fsp3) is 0.500. The first kappa shape index (κ1) is 18.6. The van der Waals surface area contributed by atoms with Gasteiger partial charge in [0.1, 0.15) is 18.0 Å². The van der Waals surface area contributed by atoms with Gasteiger partial charge in [-0.1, -0.05) is 19.9 Å². The summed E-state index contributed by atoms with van der Waals surface area (Å²) < 4.78 is 7.95. The Balaban J connectivity index is 1.47. The molecule has 3 aromatic rings. The molecule has 0 saturated carbocycles. The standard InChI is InChI=1S/C20H27N7O/c1-13(2)19-15(7-6-10-28-19)24-17-11-16(21-12-22-17)23-14(3)20-26-25-18-8-4-5-9-27(18)20/h4-5,8-9,11-15,19H,6-7,10H2,1-3H3,(H2,21,22,23,24). The third kappa shape index (κ3) is 3.91. The lowest BCUT2D eigenvalue weighted by Crippen LogP contribution is -2.43. The average molecular weight is 381 g/mol. The van der Waals surface area contributed by atoms with E-state index >= 15 is 0 Å². The maximum absolute atomic E-state index is 5.97. The Morgan fingerprint density at radius 3 is 2.86 bits per heavy atom. The zero-order valence-electron chi connectivity index (χ0n) is 16.5. The van der Waals surface area contributed by atoms with Crippen LogP contribution in [0.15, 0.2) is 36.8 Å². The molecular formula is C20H27N7O. The van der Waals surface area contributed by atoms with Crippen LogP contribution in [-0.2, 0) is 4.74 Å². The zero-order valence-corrected chi connectivity index (χ0v) is 16.5. The number of anilines is 2. The number of nitrogens with zero attached hydrogens (tertiary/aromatic N) is 5. The maximum Gasteiger partial charge on any atom is 0.160 e. The van der Waals surface area contributed by atoms with Crippen molar-refractivity contribution >= 4 is 17.3 Å². The lowest BCUT2D eigenvalue weighted by Gasteiger charge is -2.35. The van der Waals surface area contributed by atoms with Gasteiger partial charge in [0.25, 0.3) is 0 Å². The highest BCUT2D eigenvalue weighted by molar-refractivity contribution is 5.48. The molecule has 3 aromatic heterocycles. The van der Waals surface area contributed by atoms with Gasteiger partial charge in [-0.15, -0.1) is 10.2 Å². The highest BCUT2D eigenvalue weighted by Gasteiger charge is 2.28. The number of hydrogen-bond acceptors (Lipinski definition) is 7. The molecule has 8 nitrogen and oxygen atoms in total. The highest BCUT2D eigenvalue weighted by atomic mass is 16.5. The second kappa shape index (κ2) is 8.10. The van der Waals surface area contributed by atoms with Crippen LogP contribution in [-0.4, -0.2) is 43.3 Å². The van der Waals surface area contributed by atoms with Crippen LogP contribution >= 0.6 is 0 Å². The monoisotopic (exact) mass is 381 g/mol. The van der Waals surface area contributed by atoms with Crippen LogP contribution in [0.3, 0.4) is 0 Å². The molecule has 1 saturated heterocycles. The third-order valence-corrected chi connectivity index (χ3v) is 5.12. The van der Waals surface area contributed by atoms with Crippen LogP contribution in [0.2, 0.25) is 0 Å². The minimum Gasteiger partial charge on any atom is -0.376 e. The van der Waals surface area contributed by atoms with Gasteiger partial charge in [-0.05, 0) is 37.8 Å². The summed E-state index contributed by atoms with van der Waals surface area (Å²) >= 11 is 0. The van der Waals surface area contributed by atoms with E-state index < -0.39 is 0 Å². The molecule has 0 bridgehead atoms. The van der Waals surface area contributed by atoms with Gasteiger partial charge in [0.2, 0.25) is 0 Å². The fourth-order valence-electron chi connectivity index (χ4n) is 3.76. The van der Waals surface area contributed by atoms with E-state index in [0.717, 1.165) is 42.6 Å². The van der Waals surface area contributed by atoms with Crippen molar-refractivity contribution in [2.24, 2.45) is 5.92 Å². The first-order chi connectivity index (χ1) is 13.6. The molecular weight excluding hydrogens is 354 g/mol. The molecule has 3 unspecified atom stereocenters. The Bertz CT molecular complexity index is 926. The van der Waals surface area contributed by atoms with E-state index in [1.807, 2.05) is 41.8 Å². The zero-order chi connectivity index (χ0) is 19.5. The van der Waals surface area contributed by atoms with Crippen LogP contribution in [0.5, 0.6) is 0 Å². The minimum atomic E-state index is -0.0541. The average Bonchev–Trinajstić information content (AvgIpc) is 3.13. The molecule has 4 heterocycles. The lowest BCUT2D eigenvalue weighted by atomic mass is 9.94. The first-order valence-electron chi connectivity index (χ1n) is 9.88. The van der Waals surface area contributed by atoms with Gasteiger partial charge in [-0.2, -0.15) is 0 Å². The highest BCUT2D eigenvalue weighted by Crippen LogP contribution is 2.24. The van der Waals surface area contributed by atoms with Crippen LogP contribution in [0.4, 0.5) is 11.6 Å². The quantitative estimate of drug-likeness (QED) is 0.677. The number of fused-ring (bicyclic) bond motifs is 1. The molecule has 8 heteroatoms. The molecule has 1 aliphatic rings. The Kier molecular flexibility index (Phi) is 5.38. The molecule has 148 valence electrons. The molecule has 4 rings (SSSR count). The Morgan fingerprint density at radius 1 is 1.14 bits per heavy atom. The van der Waals surface area contributed by atoms with Crippen molar-refractivity contribution in [2.45, 2.75) is 51.8 Å². The van der Waals surface area contributed by atoms with E-state index in [0.29, 0.717) is 5.92 Å². The molecule has 1 aliphatic heterocycles. The van der Waals surface area contributed by atoms with E-state index in [-0.39, 0.29) is 18.2 Å². The summed E-state index contributed by atoms with van der Waals surface area (Å²) in [6.07, 6.45) is 5.88. The van der Waals surface area contributed by atoms with Gasteiger partial charge < -0.3 is 15.4 Å². The van der Waals surface area contributed by atoms with Crippen molar-refractivity contribution in [3.63, 3.8) is 0 Å². The maximum atomic E-state index is 5.97. The van der Waals surface area contributed by atoms with Gasteiger partial charge in [-0.25, -0.2) is 9.97 Å². The molecule has 0 radical (unpaired) electrons. The first-order valence-corrected chi connectivity index (χ1v) is 9.88. The van der Waals surface area contributed by atoms with Gasteiger partial charge in [0.15, 0.2) is 11.5 Å². The van der Waals surface area contributed by atoms with Gasteiger partial charge in [0.05, 0.1) is 18.2 Å². The molecule has 0 aliphatic carbocycles. The predicted molar refractivity (Wildman–Crippen MR) is 108 cm³/mol. The molecule has 0 amide bonds. The van der Waals surface area contributed by atoms with Crippen LogP contribution < -0.4 is 10.6 Å². The molecule has 0 aromatic carbocycles. The summed E-state index contributed by atoms with van der Waals surface area (Å²) in [4.78, 5) is 8.76. The largest absolute Gasteiger partial charge is 0.376 e. The van der Waals surface area contributed by atoms with Crippen molar-refractivity contribution in [1.29, 1.82) is 0 Å². The van der Waals surface area contributed by atoms with Crippen LogP contribution in [0.25, 0.3) is 5.65 Å². The SMILES string of the molecule is CC(Nc1cc(NC2CCCOC2C(C)C)ncn1)c1nnc2ccccn12. The molecule has 28 heavy (non-hydrogen) atoms. The summed E-state index contributed by atoms with van der Waals surface area (Å²) in [6, 6.07) is 8.00. The summed E-state index contributed by atoms with van der Waals surface area (Å²) in [5.41, 5.74) is 0.827. The molecule has 1 fully saturated rings. The summed E-state index contributed by atoms with van der Waals surface area (Å²) in [7, 11) is 0. The predicted octanol–water partition coefficient (Wildman–Crippen LogP) is 3.31. The smallest absolute Gasteiger partial charge is 0.160 e. The van der Waals surface area contributed by atoms with Crippen molar-refractivity contribution in [3.05, 3.63) is 42.6 Å². The van der Waals surface area contributed by atoms with Gasteiger partial charge >= 0.3 is 0 Å². The summed E-state index contributed by atoms with van der Waals surface area (Å²) in [5.74, 6) is 2.84. The van der Waals surface area contributed by atoms with E-state index in [4.69, 9.17) is 4.74 Å². The minimum absolute atomic E-state index is 0.0541. The number of nitrogens with one attached hydrogen (secondary N) is 2. The van der Waals surface area contributed by atoms with Crippen LogP contribution in [0, 0.1) is 5.92 Å². The number of ether oxygens (including phenoxy) is 1. The second-order valence-electron chi connectivity index (χ2n) is 7.61. The molecule has 2 N–H and O–H groups in total. The normalized spacial score (nSPS) is 21.0. The van der Waals surface area contributed by atoms with Crippen molar-refractivity contribution in [3.8, 4) is 0 Å². The number of rotatable bonds is 6. The topological polar surface area (TPSA) is 89.3 Å². The van der Waals surface area contributed by atoms with Crippen molar-refractivity contribution in [1.82, 2.24) is 24.6 Å². The Morgan fingerprint density at radius 2 is 2.00 bits per heavy atom. The van der Waals surface area contributed by atoms with Crippen LogP contribution in [0.1, 0.15) is 45.5 Å². The summed E-state index contributed by atoms with van der Waals surface area (Å²) in [5, 5.41) is 15.5. The molecule has 0 spiro atoms. The fourth-order valence-corrected chi connectivity index (χ4v) is 3.76. The van der Waals surface area contributed by atoms with Crippen molar-refractivity contribution < 1.29 is 4.74 Å². The molecule has 3 atom stereocenters. The number of hydrogen-bond donors (Lipinski definition) is 2. The van der Waals surface area contributed by atoms with Gasteiger partial charge in [-0.3, -0.25) is 4.40 Å². The van der Waals surface area contributed by atoms with E-state index in [1.165, 1.54) is 0 Å². The van der Waals surface area contributed by atoms with E-state index in [9.17, 15) is 0 Å². The van der Waals surface area contributed by atoms with Crippen molar-refractivity contribution in [2.75, 3.05) is 17.2 Å². The second-order valence-corrected chi connectivity index (χ2v) is 7.61. The Labute approximate surface area is 164 Å². The van der Waals surface area contributed by atoms with E-state index in [1.54, 1.807) is 6.33 Å².